The van der Waals surface area contributed by atoms with Crippen molar-refractivity contribution in [3.05, 3.63) is 0 Å². The molecule has 0 amide bonds. The quantitative estimate of drug-likeness (QED) is 0.488. The van der Waals surface area contributed by atoms with E-state index in [1.807, 2.05) is 0 Å². The van der Waals surface area contributed by atoms with Gasteiger partial charge in [0.25, 0.3) is 0 Å². The Labute approximate surface area is 75.9 Å². The van der Waals surface area contributed by atoms with Gasteiger partial charge in [0.1, 0.15) is 0 Å². The molecule has 2 unspecified atom stereocenters. The molecule has 0 aromatic rings. The van der Waals surface area contributed by atoms with Crippen LogP contribution in [-0.4, -0.2) is 12.6 Å². The van der Waals surface area contributed by atoms with Crippen molar-refractivity contribution in [3.63, 3.8) is 0 Å². The van der Waals surface area contributed by atoms with Crippen LogP contribution in [0, 0.1) is 18.3 Å². The normalized spacial score (nSPS) is 30.7. The molecule has 0 heterocycles. The van der Waals surface area contributed by atoms with Crippen LogP contribution in [0.25, 0.3) is 0 Å². The monoisotopic (exact) mass is 165 g/mol. The van der Waals surface area contributed by atoms with Crippen LogP contribution in [-0.2, 0) is 0 Å². The molecule has 1 aliphatic rings. The van der Waals surface area contributed by atoms with E-state index in [0.717, 1.165) is 12.5 Å². The molecule has 0 bridgehead atoms. The van der Waals surface area contributed by atoms with Gasteiger partial charge in [-0.2, -0.15) is 0 Å². The first-order valence-corrected chi connectivity index (χ1v) is 5.01. The van der Waals surface area contributed by atoms with E-state index >= 15 is 0 Å². The molecule has 0 aromatic heterocycles. The van der Waals surface area contributed by atoms with E-state index in [0.29, 0.717) is 6.04 Å². The third-order valence-corrected chi connectivity index (χ3v) is 2.83. The van der Waals surface area contributed by atoms with Crippen LogP contribution in [0.2, 0.25) is 0 Å². The maximum atomic E-state index is 5.22. The van der Waals surface area contributed by atoms with Gasteiger partial charge in [0.05, 0.1) is 6.54 Å². The van der Waals surface area contributed by atoms with E-state index in [1.54, 1.807) is 0 Å². The lowest BCUT2D eigenvalue weighted by molar-refractivity contribution is 0.371. The molecule has 68 valence electrons. The van der Waals surface area contributed by atoms with Crippen LogP contribution in [0.3, 0.4) is 0 Å². The summed E-state index contributed by atoms with van der Waals surface area (Å²) in [7, 11) is 0. The number of hydrogen-bond donors (Lipinski definition) is 1. The molecule has 1 saturated carbocycles. The summed E-state index contributed by atoms with van der Waals surface area (Å²) in [5, 5.41) is 3.42. The number of rotatable bonds is 2. The fourth-order valence-electron chi connectivity index (χ4n) is 1.99. The summed E-state index contributed by atoms with van der Waals surface area (Å²) in [6, 6.07) is 0.670. The molecule has 2 atom stereocenters. The smallest absolute Gasteiger partial charge is 0.0576 e. The Morgan fingerprint density at radius 2 is 2.08 bits per heavy atom. The first-order chi connectivity index (χ1) is 5.84. The van der Waals surface area contributed by atoms with E-state index in [-0.39, 0.29) is 0 Å². The second kappa shape index (κ2) is 5.22. The van der Waals surface area contributed by atoms with Crippen molar-refractivity contribution in [2.24, 2.45) is 5.92 Å². The lowest BCUT2D eigenvalue weighted by Crippen LogP contribution is -2.34. The Kier molecular flexibility index (Phi) is 4.18. The first-order valence-electron chi connectivity index (χ1n) is 5.01. The Balaban J connectivity index is 2.32. The van der Waals surface area contributed by atoms with E-state index in [9.17, 15) is 0 Å². The summed E-state index contributed by atoms with van der Waals surface area (Å²) in [5.41, 5.74) is 0. The van der Waals surface area contributed by atoms with Gasteiger partial charge in [-0.25, -0.2) is 0 Å². The molecular formula is C11H19N. The second-order valence-corrected chi connectivity index (χ2v) is 3.81. The molecule has 0 spiro atoms. The highest BCUT2D eigenvalue weighted by atomic mass is 14.9. The van der Waals surface area contributed by atoms with E-state index in [4.69, 9.17) is 6.42 Å². The zero-order valence-corrected chi connectivity index (χ0v) is 7.97. The molecule has 0 aliphatic heterocycles. The summed E-state index contributed by atoms with van der Waals surface area (Å²) in [4.78, 5) is 0. The molecule has 1 heteroatoms. The molecule has 0 radical (unpaired) electrons. The van der Waals surface area contributed by atoms with Crippen molar-refractivity contribution in [2.45, 2.75) is 45.1 Å². The van der Waals surface area contributed by atoms with E-state index in [2.05, 4.69) is 18.2 Å². The molecule has 0 aromatic carbocycles. The zero-order valence-electron chi connectivity index (χ0n) is 7.97. The Hall–Kier alpha value is -0.480. The Bertz CT molecular complexity index is 157. The molecule has 1 aliphatic carbocycles. The molecule has 1 rings (SSSR count). The predicted molar refractivity (Wildman–Crippen MR) is 52.9 cm³/mol. The second-order valence-electron chi connectivity index (χ2n) is 3.81. The van der Waals surface area contributed by atoms with Gasteiger partial charge >= 0.3 is 0 Å². The third-order valence-electron chi connectivity index (χ3n) is 2.83. The minimum Gasteiger partial charge on any atom is -0.303 e. The van der Waals surface area contributed by atoms with Crippen LogP contribution in [0.5, 0.6) is 0 Å². The minimum absolute atomic E-state index is 0.670. The molecule has 1 N–H and O–H groups in total. The highest BCUT2D eigenvalue weighted by Gasteiger charge is 2.18. The van der Waals surface area contributed by atoms with Crippen LogP contribution in [0.1, 0.15) is 39.0 Å². The fourth-order valence-corrected chi connectivity index (χ4v) is 1.99. The average molecular weight is 165 g/mol. The SMILES string of the molecule is C#CCNC1CCCCCC1C. The summed E-state index contributed by atoms with van der Waals surface area (Å²) in [6.45, 7) is 3.06. The molecule has 12 heavy (non-hydrogen) atoms. The lowest BCUT2D eigenvalue weighted by atomic mass is 9.97. The highest BCUT2D eigenvalue weighted by molar-refractivity contribution is 4.89. The van der Waals surface area contributed by atoms with Gasteiger partial charge in [0.2, 0.25) is 0 Å². The van der Waals surface area contributed by atoms with Crippen molar-refractivity contribution in [3.8, 4) is 12.3 Å². The number of nitrogens with one attached hydrogen (secondary N) is 1. The Morgan fingerprint density at radius 3 is 2.83 bits per heavy atom. The van der Waals surface area contributed by atoms with Gasteiger partial charge in [0, 0.05) is 6.04 Å². The van der Waals surface area contributed by atoms with Crippen molar-refractivity contribution < 1.29 is 0 Å². The standard InChI is InChI=1S/C11H19N/c1-3-9-12-11-8-6-4-5-7-10(11)2/h1,10-12H,4-9H2,2H3. The minimum atomic E-state index is 0.670. The molecule has 1 nitrogen and oxygen atoms in total. The Morgan fingerprint density at radius 1 is 1.33 bits per heavy atom. The summed E-state index contributed by atoms with van der Waals surface area (Å²) in [5.74, 6) is 3.45. The number of hydrogen-bond acceptors (Lipinski definition) is 1. The van der Waals surface area contributed by atoms with Crippen molar-refractivity contribution >= 4 is 0 Å². The highest BCUT2D eigenvalue weighted by Crippen LogP contribution is 2.22. The van der Waals surface area contributed by atoms with E-state index < -0.39 is 0 Å². The predicted octanol–water partition coefficient (Wildman–Crippen LogP) is 2.18. The maximum Gasteiger partial charge on any atom is 0.0576 e. The van der Waals surface area contributed by atoms with Crippen molar-refractivity contribution in [2.75, 3.05) is 6.54 Å². The van der Waals surface area contributed by atoms with Gasteiger partial charge in [-0.3, -0.25) is 0 Å². The van der Waals surface area contributed by atoms with Gasteiger partial charge in [-0.15, -0.1) is 6.42 Å². The zero-order chi connectivity index (χ0) is 8.81. The lowest BCUT2D eigenvalue weighted by Gasteiger charge is -2.21. The summed E-state index contributed by atoms with van der Waals surface area (Å²) >= 11 is 0. The van der Waals surface area contributed by atoms with E-state index in [1.165, 1.54) is 32.1 Å². The molecule has 1 fully saturated rings. The first kappa shape index (κ1) is 9.61. The summed E-state index contributed by atoms with van der Waals surface area (Å²) < 4.78 is 0. The maximum absolute atomic E-state index is 5.22. The molecular weight excluding hydrogens is 146 g/mol. The average Bonchev–Trinajstić information content (AvgIpc) is 2.27. The van der Waals surface area contributed by atoms with Crippen molar-refractivity contribution in [1.82, 2.24) is 5.32 Å². The van der Waals surface area contributed by atoms with Crippen LogP contribution in [0.15, 0.2) is 0 Å². The fraction of sp³-hybridized carbons (Fsp3) is 0.818. The van der Waals surface area contributed by atoms with Crippen molar-refractivity contribution in [1.29, 1.82) is 0 Å². The van der Waals surface area contributed by atoms with Gasteiger partial charge < -0.3 is 5.32 Å². The molecule has 0 saturated heterocycles. The number of terminal acetylenes is 1. The van der Waals surface area contributed by atoms with Gasteiger partial charge in [0.15, 0.2) is 0 Å². The van der Waals surface area contributed by atoms with Gasteiger partial charge in [-0.1, -0.05) is 32.1 Å². The topological polar surface area (TPSA) is 12.0 Å². The van der Waals surface area contributed by atoms with Crippen LogP contribution >= 0.6 is 0 Å². The largest absolute Gasteiger partial charge is 0.303 e. The third kappa shape index (κ3) is 2.87. The van der Waals surface area contributed by atoms with Crippen LogP contribution in [0.4, 0.5) is 0 Å². The summed E-state index contributed by atoms with van der Waals surface area (Å²) in [6.07, 6.45) is 12.1. The van der Waals surface area contributed by atoms with Crippen LogP contribution < -0.4 is 5.32 Å². The van der Waals surface area contributed by atoms with Gasteiger partial charge in [-0.05, 0) is 18.8 Å².